The first-order valence-electron chi connectivity index (χ1n) is 11.0. The summed E-state index contributed by atoms with van der Waals surface area (Å²) in [7, 11) is 2.11. The van der Waals surface area contributed by atoms with Crippen LogP contribution in [-0.4, -0.2) is 64.9 Å². The van der Waals surface area contributed by atoms with E-state index in [4.69, 9.17) is 0 Å². The van der Waals surface area contributed by atoms with Gasteiger partial charge in [-0.25, -0.2) is 9.97 Å². The monoisotopic (exact) mass is 455 g/mol. The summed E-state index contributed by atoms with van der Waals surface area (Å²) in [5.41, 5.74) is 1.62. The number of carbonyl (C=O) groups is 2. The van der Waals surface area contributed by atoms with Crippen LogP contribution < -0.4 is 15.5 Å². The fourth-order valence-corrected chi connectivity index (χ4v) is 4.46. The first-order chi connectivity index (χ1) is 15.5. The molecule has 4 rings (SSSR count). The number of nitrogens with one attached hydrogen (secondary N) is 3. The molecule has 0 saturated carbocycles. The maximum absolute atomic E-state index is 13.0. The average Bonchev–Trinajstić information content (AvgIpc) is 3.45. The second-order valence-corrected chi connectivity index (χ2v) is 9.02. The Kier molecular flexibility index (Phi) is 7.01. The van der Waals surface area contributed by atoms with Gasteiger partial charge >= 0.3 is 0 Å². The van der Waals surface area contributed by atoms with E-state index in [0.29, 0.717) is 17.3 Å². The number of amides is 2. The first-order valence-corrected chi connectivity index (χ1v) is 11.8. The van der Waals surface area contributed by atoms with Gasteiger partial charge in [0.1, 0.15) is 5.00 Å². The summed E-state index contributed by atoms with van der Waals surface area (Å²) in [5, 5.41) is 7.14. The van der Waals surface area contributed by atoms with E-state index in [1.165, 1.54) is 11.3 Å². The molecule has 0 aliphatic carbocycles. The summed E-state index contributed by atoms with van der Waals surface area (Å²) in [4.78, 5) is 42.1. The van der Waals surface area contributed by atoms with Crippen LogP contribution in [0.2, 0.25) is 0 Å². The second kappa shape index (κ2) is 10.1. The SMILES string of the molecule is CCCCC(=O)NC(NC(=O)c1ncc(N2CCN(C)CC2)s1)c1nc2ccccc2[nH]1. The van der Waals surface area contributed by atoms with Gasteiger partial charge in [-0.15, -0.1) is 0 Å². The lowest BCUT2D eigenvalue weighted by Gasteiger charge is -2.32. The van der Waals surface area contributed by atoms with Gasteiger partial charge in [0.05, 0.1) is 17.2 Å². The molecular formula is C22H29N7O2S. The summed E-state index contributed by atoms with van der Waals surface area (Å²) in [6.07, 6.45) is 3.08. The van der Waals surface area contributed by atoms with Gasteiger partial charge in [-0.05, 0) is 25.6 Å². The third-order valence-electron chi connectivity index (χ3n) is 5.52. The Bertz CT molecular complexity index is 1040. The maximum atomic E-state index is 13.0. The van der Waals surface area contributed by atoms with Gasteiger partial charge in [0, 0.05) is 32.6 Å². The molecule has 1 aliphatic heterocycles. The number of H-pyrrole nitrogens is 1. The van der Waals surface area contributed by atoms with Crippen LogP contribution in [0.1, 0.15) is 48.0 Å². The Labute approximate surface area is 191 Å². The molecule has 0 bridgehead atoms. The van der Waals surface area contributed by atoms with Crippen molar-refractivity contribution in [1.82, 2.24) is 30.5 Å². The number of imidazole rings is 1. The summed E-state index contributed by atoms with van der Waals surface area (Å²) in [6, 6.07) is 7.60. The van der Waals surface area contributed by atoms with Gasteiger partial charge in [-0.1, -0.05) is 36.8 Å². The van der Waals surface area contributed by atoms with Gasteiger partial charge in [0.15, 0.2) is 17.0 Å². The number of fused-ring (bicyclic) bond motifs is 1. The Morgan fingerprint density at radius 3 is 2.72 bits per heavy atom. The lowest BCUT2D eigenvalue weighted by Crippen LogP contribution is -2.44. The topological polar surface area (TPSA) is 106 Å². The highest BCUT2D eigenvalue weighted by Gasteiger charge is 2.24. The zero-order valence-corrected chi connectivity index (χ0v) is 19.2. The van der Waals surface area contributed by atoms with E-state index in [1.807, 2.05) is 31.2 Å². The number of hydrogen-bond acceptors (Lipinski definition) is 7. The van der Waals surface area contributed by atoms with Crippen molar-refractivity contribution in [1.29, 1.82) is 0 Å². The quantitative estimate of drug-likeness (QED) is 0.451. The molecule has 0 radical (unpaired) electrons. The van der Waals surface area contributed by atoms with Crippen LogP contribution in [-0.2, 0) is 4.79 Å². The van der Waals surface area contributed by atoms with Gasteiger partial charge in [0.25, 0.3) is 5.91 Å². The van der Waals surface area contributed by atoms with Crippen LogP contribution in [0.3, 0.4) is 0 Å². The van der Waals surface area contributed by atoms with Crippen LogP contribution in [0.25, 0.3) is 11.0 Å². The third kappa shape index (κ3) is 5.25. The van der Waals surface area contributed by atoms with E-state index in [0.717, 1.165) is 55.1 Å². The van der Waals surface area contributed by atoms with Crippen LogP contribution >= 0.6 is 11.3 Å². The fourth-order valence-electron chi connectivity index (χ4n) is 3.59. The number of aromatic nitrogens is 3. The number of likely N-dealkylation sites (N-methyl/N-ethyl adjacent to an activating group) is 1. The molecule has 1 unspecified atom stereocenters. The fraction of sp³-hybridized carbons (Fsp3) is 0.455. The molecule has 0 spiro atoms. The zero-order chi connectivity index (χ0) is 22.5. The molecule has 1 fully saturated rings. The molecule has 1 saturated heterocycles. The number of anilines is 1. The molecule has 9 nitrogen and oxygen atoms in total. The van der Waals surface area contributed by atoms with Crippen LogP contribution in [0.5, 0.6) is 0 Å². The molecule has 3 heterocycles. The highest BCUT2D eigenvalue weighted by atomic mass is 32.1. The molecule has 3 N–H and O–H groups in total. The largest absolute Gasteiger partial charge is 0.360 e. The summed E-state index contributed by atoms with van der Waals surface area (Å²) < 4.78 is 0. The lowest BCUT2D eigenvalue weighted by atomic mass is 10.2. The zero-order valence-electron chi connectivity index (χ0n) is 18.4. The van der Waals surface area contributed by atoms with Gasteiger partial charge in [0.2, 0.25) is 5.91 Å². The Balaban J connectivity index is 1.50. The van der Waals surface area contributed by atoms with Crippen LogP contribution in [0.4, 0.5) is 5.00 Å². The van der Waals surface area contributed by atoms with Crippen molar-refractivity contribution < 1.29 is 9.59 Å². The Morgan fingerprint density at radius 2 is 1.97 bits per heavy atom. The molecule has 3 aromatic rings. The van der Waals surface area contributed by atoms with Crippen molar-refractivity contribution >= 4 is 39.2 Å². The van der Waals surface area contributed by atoms with E-state index in [9.17, 15) is 9.59 Å². The number of para-hydroxylation sites is 2. The standard InChI is InChI=1S/C22H29N7O2S/c1-3-4-9-17(30)26-20(19-24-15-7-5-6-8-16(15)25-19)27-21(31)22-23-14-18(32-22)29-12-10-28(2)11-13-29/h5-8,14,20H,3-4,9-13H2,1-2H3,(H,24,25)(H,26,30)(H,27,31). The minimum Gasteiger partial charge on any atom is -0.360 e. The highest BCUT2D eigenvalue weighted by Crippen LogP contribution is 2.25. The molecule has 2 aromatic heterocycles. The number of carbonyl (C=O) groups excluding carboxylic acids is 2. The molecular weight excluding hydrogens is 426 g/mol. The molecule has 170 valence electrons. The third-order valence-corrected chi connectivity index (χ3v) is 6.58. The van der Waals surface area contributed by atoms with E-state index in [-0.39, 0.29) is 11.8 Å². The normalized spacial score (nSPS) is 15.6. The number of rotatable bonds is 8. The van der Waals surface area contributed by atoms with Gasteiger partial charge in [-0.2, -0.15) is 0 Å². The van der Waals surface area contributed by atoms with E-state index in [2.05, 4.69) is 42.4 Å². The Hall–Kier alpha value is -2.98. The summed E-state index contributed by atoms with van der Waals surface area (Å²) in [6.45, 7) is 5.82. The van der Waals surface area contributed by atoms with Crippen LogP contribution in [0.15, 0.2) is 30.5 Å². The van der Waals surface area contributed by atoms with Crippen molar-refractivity contribution in [3.63, 3.8) is 0 Å². The minimum absolute atomic E-state index is 0.130. The second-order valence-electron chi connectivity index (χ2n) is 8.01. The van der Waals surface area contributed by atoms with Crippen molar-refractivity contribution in [2.24, 2.45) is 0 Å². The highest BCUT2D eigenvalue weighted by molar-refractivity contribution is 7.17. The molecule has 10 heteroatoms. The van der Waals surface area contributed by atoms with Crippen molar-refractivity contribution in [3.05, 3.63) is 41.3 Å². The average molecular weight is 456 g/mol. The molecule has 1 aliphatic rings. The maximum Gasteiger partial charge on any atom is 0.282 e. The van der Waals surface area contributed by atoms with Crippen molar-refractivity contribution in [2.75, 3.05) is 38.1 Å². The molecule has 2 amide bonds. The number of nitrogens with zero attached hydrogens (tertiary/aromatic N) is 4. The van der Waals surface area contributed by atoms with Crippen molar-refractivity contribution in [2.45, 2.75) is 32.4 Å². The molecule has 1 atom stereocenters. The predicted octanol–water partition coefficient (Wildman–Crippen LogP) is 2.51. The molecule has 1 aromatic carbocycles. The summed E-state index contributed by atoms with van der Waals surface area (Å²) >= 11 is 1.36. The van der Waals surface area contributed by atoms with E-state index < -0.39 is 6.17 Å². The smallest absolute Gasteiger partial charge is 0.282 e. The van der Waals surface area contributed by atoms with Crippen molar-refractivity contribution in [3.8, 4) is 0 Å². The minimum atomic E-state index is -0.768. The number of benzene rings is 1. The van der Waals surface area contributed by atoms with Gasteiger partial charge < -0.3 is 25.4 Å². The van der Waals surface area contributed by atoms with Gasteiger partial charge in [-0.3, -0.25) is 9.59 Å². The van der Waals surface area contributed by atoms with E-state index >= 15 is 0 Å². The number of unbranched alkanes of at least 4 members (excludes halogenated alkanes) is 1. The number of piperazine rings is 1. The van der Waals surface area contributed by atoms with Crippen LogP contribution in [0, 0.1) is 0 Å². The van der Waals surface area contributed by atoms with E-state index in [1.54, 1.807) is 6.20 Å². The lowest BCUT2D eigenvalue weighted by molar-refractivity contribution is -0.122. The summed E-state index contributed by atoms with van der Waals surface area (Å²) in [5.74, 6) is 0.0201. The number of thiazole rings is 1. The molecule has 32 heavy (non-hydrogen) atoms. The Morgan fingerprint density at radius 1 is 1.19 bits per heavy atom. The predicted molar refractivity (Wildman–Crippen MR) is 126 cm³/mol. The number of hydrogen-bond donors (Lipinski definition) is 3. The number of aromatic amines is 1. The first kappa shape index (κ1) is 22.2.